The normalized spacial score (nSPS) is 9.92. The molecule has 4 heteroatoms. The van der Waals surface area contributed by atoms with Crippen LogP contribution in [0, 0.1) is 0 Å². The van der Waals surface area contributed by atoms with Crippen molar-refractivity contribution in [2.75, 3.05) is 7.11 Å². The van der Waals surface area contributed by atoms with Gasteiger partial charge in [0, 0.05) is 0 Å². The molecule has 0 saturated heterocycles. The third-order valence-corrected chi connectivity index (χ3v) is 1.67. The molecule has 1 heterocycles. The summed E-state index contributed by atoms with van der Waals surface area (Å²) in [5, 5.41) is 4.08. The van der Waals surface area contributed by atoms with E-state index in [9.17, 15) is 0 Å². The molecule has 2 aromatic rings. The number of para-hydroxylation sites is 1. The second-order valence-corrected chi connectivity index (χ2v) is 2.51. The first-order chi connectivity index (χ1) is 6.40. The van der Waals surface area contributed by atoms with E-state index >= 15 is 0 Å². The summed E-state index contributed by atoms with van der Waals surface area (Å²) in [6.07, 6.45) is 1.62. The summed E-state index contributed by atoms with van der Waals surface area (Å²) in [4.78, 5) is 3.94. The molecule has 1 aromatic carbocycles. The third-order valence-electron chi connectivity index (χ3n) is 1.67. The Balaban J connectivity index is 2.36. The van der Waals surface area contributed by atoms with Gasteiger partial charge in [0.05, 0.1) is 12.8 Å². The lowest BCUT2D eigenvalue weighted by molar-refractivity contribution is 0.380. The van der Waals surface area contributed by atoms with Crippen molar-refractivity contribution in [3.05, 3.63) is 36.7 Å². The second kappa shape index (κ2) is 3.26. The van der Waals surface area contributed by atoms with Crippen LogP contribution in [0.5, 0.6) is 6.01 Å². The van der Waals surface area contributed by atoms with Crippen LogP contribution in [0.2, 0.25) is 0 Å². The van der Waals surface area contributed by atoms with E-state index in [0.29, 0.717) is 6.01 Å². The highest BCUT2D eigenvalue weighted by Gasteiger charge is 1.99. The van der Waals surface area contributed by atoms with Crippen molar-refractivity contribution in [1.29, 1.82) is 0 Å². The molecule has 0 radical (unpaired) electrons. The minimum Gasteiger partial charge on any atom is -0.466 e. The summed E-state index contributed by atoms with van der Waals surface area (Å²) in [5.74, 6) is 0. The van der Waals surface area contributed by atoms with Crippen LogP contribution in [0.15, 0.2) is 36.7 Å². The van der Waals surface area contributed by atoms with Gasteiger partial charge >= 0.3 is 6.01 Å². The number of nitrogens with zero attached hydrogens (tertiary/aromatic N) is 3. The molecule has 0 unspecified atom stereocenters. The fraction of sp³-hybridized carbons (Fsp3) is 0.111. The standard InChI is InChI=1S/C9H9N3O/c1-13-9-10-7-12(11-9)8-5-3-2-4-6-8/h2-7H,1H3. The summed E-state index contributed by atoms with van der Waals surface area (Å²) in [6, 6.07) is 10.1. The predicted molar refractivity (Wildman–Crippen MR) is 47.9 cm³/mol. The Hall–Kier alpha value is -1.84. The molecule has 0 aliphatic carbocycles. The molecule has 0 N–H and O–H groups in total. The topological polar surface area (TPSA) is 39.9 Å². The van der Waals surface area contributed by atoms with Crippen LogP contribution in [0.3, 0.4) is 0 Å². The molecule has 0 fully saturated rings. The van der Waals surface area contributed by atoms with E-state index in [1.807, 2.05) is 30.3 Å². The van der Waals surface area contributed by atoms with Crippen LogP contribution in [0.25, 0.3) is 5.69 Å². The van der Waals surface area contributed by atoms with Gasteiger partial charge < -0.3 is 4.74 Å². The average molecular weight is 175 g/mol. The number of rotatable bonds is 2. The van der Waals surface area contributed by atoms with Gasteiger partial charge in [-0.25, -0.2) is 4.68 Å². The van der Waals surface area contributed by atoms with Gasteiger partial charge in [0.1, 0.15) is 6.33 Å². The highest BCUT2D eigenvalue weighted by Crippen LogP contribution is 2.07. The zero-order valence-electron chi connectivity index (χ0n) is 7.21. The number of aromatic nitrogens is 3. The molecular formula is C9H9N3O. The first-order valence-electron chi connectivity index (χ1n) is 3.91. The summed E-state index contributed by atoms with van der Waals surface area (Å²) in [6.45, 7) is 0. The van der Waals surface area contributed by atoms with Crippen molar-refractivity contribution in [3.63, 3.8) is 0 Å². The maximum Gasteiger partial charge on any atom is 0.335 e. The SMILES string of the molecule is COc1ncn(-c2ccccc2)n1. The maximum absolute atomic E-state index is 4.87. The third kappa shape index (κ3) is 1.51. The van der Waals surface area contributed by atoms with Crippen molar-refractivity contribution in [3.8, 4) is 11.7 Å². The molecule has 0 amide bonds. The van der Waals surface area contributed by atoms with E-state index in [0.717, 1.165) is 5.69 Å². The number of hydrogen-bond acceptors (Lipinski definition) is 3. The summed E-state index contributed by atoms with van der Waals surface area (Å²) >= 11 is 0. The predicted octanol–water partition coefficient (Wildman–Crippen LogP) is 1.28. The largest absolute Gasteiger partial charge is 0.466 e. The zero-order valence-corrected chi connectivity index (χ0v) is 7.21. The van der Waals surface area contributed by atoms with Crippen LogP contribution >= 0.6 is 0 Å². The summed E-state index contributed by atoms with van der Waals surface area (Å²) in [7, 11) is 1.55. The lowest BCUT2D eigenvalue weighted by atomic mass is 10.3. The quantitative estimate of drug-likeness (QED) is 0.690. The first kappa shape index (κ1) is 7.79. The van der Waals surface area contributed by atoms with Crippen LogP contribution in [-0.4, -0.2) is 21.9 Å². The Morgan fingerprint density at radius 3 is 2.62 bits per heavy atom. The van der Waals surface area contributed by atoms with Crippen molar-refractivity contribution in [2.24, 2.45) is 0 Å². The lowest BCUT2D eigenvalue weighted by Crippen LogP contribution is -1.94. The fourth-order valence-corrected chi connectivity index (χ4v) is 1.05. The molecule has 0 spiro atoms. The van der Waals surface area contributed by atoms with E-state index in [4.69, 9.17) is 4.74 Å². The highest BCUT2D eigenvalue weighted by atomic mass is 16.5. The minimum absolute atomic E-state index is 0.379. The van der Waals surface area contributed by atoms with Crippen molar-refractivity contribution in [2.45, 2.75) is 0 Å². The molecule has 0 aliphatic rings. The van der Waals surface area contributed by atoms with Gasteiger partial charge in [-0.3, -0.25) is 0 Å². The van der Waals surface area contributed by atoms with E-state index < -0.39 is 0 Å². The molecule has 1 aromatic heterocycles. The maximum atomic E-state index is 4.87. The molecule has 0 saturated carbocycles. The number of ether oxygens (including phenoxy) is 1. The monoisotopic (exact) mass is 175 g/mol. The number of methoxy groups -OCH3 is 1. The molecule has 4 nitrogen and oxygen atoms in total. The average Bonchev–Trinajstić information content (AvgIpc) is 2.67. The van der Waals surface area contributed by atoms with Gasteiger partial charge in [0.2, 0.25) is 0 Å². The number of hydrogen-bond donors (Lipinski definition) is 0. The van der Waals surface area contributed by atoms with Gasteiger partial charge in [0.25, 0.3) is 0 Å². The van der Waals surface area contributed by atoms with E-state index in [1.54, 1.807) is 18.1 Å². The Labute approximate surface area is 75.8 Å². The van der Waals surface area contributed by atoms with Crippen molar-refractivity contribution in [1.82, 2.24) is 14.8 Å². The van der Waals surface area contributed by atoms with Crippen LogP contribution < -0.4 is 4.74 Å². The van der Waals surface area contributed by atoms with Crippen LogP contribution in [0.1, 0.15) is 0 Å². The van der Waals surface area contributed by atoms with Gasteiger partial charge in [-0.15, -0.1) is 5.10 Å². The molecule has 0 bridgehead atoms. The minimum atomic E-state index is 0.379. The first-order valence-corrected chi connectivity index (χ1v) is 3.91. The van der Waals surface area contributed by atoms with Gasteiger partial charge in [-0.05, 0) is 12.1 Å². The smallest absolute Gasteiger partial charge is 0.335 e. The van der Waals surface area contributed by atoms with E-state index in [2.05, 4.69) is 10.1 Å². The van der Waals surface area contributed by atoms with E-state index in [-0.39, 0.29) is 0 Å². The fourth-order valence-electron chi connectivity index (χ4n) is 1.05. The van der Waals surface area contributed by atoms with Crippen molar-refractivity contribution < 1.29 is 4.74 Å². The molecule has 0 aliphatic heterocycles. The summed E-state index contributed by atoms with van der Waals surface area (Å²) < 4.78 is 6.54. The van der Waals surface area contributed by atoms with Gasteiger partial charge in [0.15, 0.2) is 0 Å². The van der Waals surface area contributed by atoms with Crippen LogP contribution in [-0.2, 0) is 0 Å². The van der Waals surface area contributed by atoms with E-state index in [1.165, 1.54) is 0 Å². The molecule has 0 atom stereocenters. The second-order valence-electron chi connectivity index (χ2n) is 2.51. The Morgan fingerprint density at radius 2 is 2.00 bits per heavy atom. The highest BCUT2D eigenvalue weighted by molar-refractivity contribution is 5.29. The summed E-state index contributed by atoms with van der Waals surface area (Å²) in [5.41, 5.74) is 0.971. The van der Waals surface area contributed by atoms with Crippen LogP contribution in [0.4, 0.5) is 0 Å². The lowest BCUT2D eigenvalue weighted by Gasteiger charge is -1.97. The van der Waals surface area contributed by atoms with Gasteiger partial charge in [-0.2, -0.15) is 4.98 Å². The van der Waals surface area contributed by atoms with Gasteiger partial charge in [-0.1, -0.05) is 18.2 Å². The Morgan fingerprint density at radius 1 is 1.23 bits per heavy atom. The van der Waals surface area contributed by atoms with Crippen molar-refractivity contribution >= 4 is 0 Å². The Kier molecular flexibility index (Phi) is 1.96. The molecule has 66 valence electrons. The molecule has 2 rings (SSSR count). The number of benzene rings is 1. The zero-order chi connectivity index (χ0) is 9.10. The Bertz CT molecular complexity index is 383. The molecule has 13 heavy (non-hydrogen) atoms. The molecular weight excluding hydrogens is 166 g/mol.